The van der Waals surface area contributed by atoms with Gasteiger partial charge >= 0.3 is 0 Å². The highest BCUT2D eigenvalue weighted by atomic mass is 127. The van der Waals surface area contributed by atoms with Gasteiger partial charge in [-0.1, -0.05) is 24.2 Å². The van der Waals surface area contributed by atoms with Crippen molar-refractivity contribution in [3.05, 3.63) is 35.7 Å². The van der Waals surface area contributed by atoms with Crippen molar-refractivity contribution < 1.29 is 9.26 Å². The summed E-state index contributed by atoms with van der Waals surface area (Å²) < 4.78 is 11.3. The highest BCUT2D eigenvalue weighted by Gasteiger charge is 2.41. The minimum atomic E-state index is 0. The molecule has 1 aromatic heterocycles. The molecule has 0 amide bonds. The van der Waals surface area contributed by atoms with Crippen molar-refractivity contribution >= 4 is 29.9 Å². The molecule has 2 bridgehead atoms. The SMILES string of the molecule is CCCc1noc(-c2cccc(CN=C(NCC)NC3CC4CCC3O4)c2)n1.I. The Hall–Kier alpha value is -1.68. The maximum atomic E-state index is 5.94. The molecule has 0 spiro atoms. The number of aryl methyl sites for hydroxylation is 1. The molecule has 0 aliphatic carbocycles. The van der Waals surface area contributed by atoms with Crippen molar-refractivity contribution in [3.63, 3.8) is 0 Å². The molecule has 1 aromatic carbocycles. The van der Waals surface area contributed by atoms with Gasteiger partial charge in [0, 0.05) is 18.5 Å². The van der Waals surface area contributed by atoms with E-state index in [1.165, 1.54) is 6.42 Å². The van der Waals surface area contributed by atoms with E-state index < -0.39 is 0 Å². The molecule has 3 unspecified atom stereocenters. The summed E-state index contributed by atoms with van der Waals surface area (Å²) in [7, 11) is 0. The van der Waals surface area contributed by atoms with Gasteiger partial charge in [-0.15, -0.1) is 24.0 Å². The number of halogens is 1. The van der Waals surface area contributed by atoms with Gasteiger partial charge in [-0.05, 0) is 50.3 Å². The first kappa shape index (κ1) is 22.0. The third-order valence-electron chi connectivity index (χ3n) is 5.31. The van der Waals surface area contributed by atoms with Gasteiger partial charge in [0.2, 0.25) is 0 Å². The third-order valence-corrected chi connectivity index (χ3v) is 5.31. The van der Waals surface area contributed by atoms with Crippen LogP contribution in [0.25, 0.3) is 11.5 Å². The Bertz CT molecular complexity index is 825. The lowest BCUT2D eigenvalue weighted by molar-refractivity contribution is 0.0992. The maximum Gasteiger partial charge on any atom is 0.257 e. The van der Waals surface area contributed by atoms with Crippen molar-refractivity contribution in [3.8, 4) is 11.5 Å². The summed E-state index contributed by atoms with van der Waals surface area (Å²) in [5, 5.41) is 10.9. The van der Waals surface area contributed by atoms with E-state index >= 15 is 0 Å². The van der Waals surface area contributed by atoms with Crippen LogP contribution in [0.2, 0.25) is 0 Å². The Morgan fingerprint density at radius 2 is 2.17 bits per heavy atom. The number of ether oxygens (including phenoxy) is 1. The van der Waals surface area contributed by atoms with Gasteiger partial charge in [-0.25, -0.2) is 4.99 Å². The zero-order valence-electron chi connectivity index (χ0n) is 17.1. The number of aromatic nitrogens is 2. The average molecular weight is 511 g/mol. The van der Waals surface area contributed by atoms with Gasteiger partial charge in [0.25, 0.3) is 5.89 Å². The van der Waals surface area contributed by atoms with E-state index in [4.69, 9.17) is 14.3 Å². The van der Waals surface area contributed by atoms with Gasteiger partial charge in [0.05, 0.1) is 24.8 Å². The molecule has 2 fully saturated rings. The molecule has 3 atom stereocenters. The first-order chi connectivity index (χ1) is 13.7. The van der Waals surface area contributed by atoms with Crippen LogP contribution in [0.3, 0.4) is 0 Å². The number of hydrogen-bond acceptors (Lipinski definition) is 5. The molecule has 2 saturated heterocycles. The summed E-state index contributed by atoms with van der Waals surface area (Å²) in [4.78, 5) is 9.25. The number of rotatable bonds is 7. The molecule has 0 radical (unpaired) electrons. The van der Waals surface area contributed by atoms with Crippen LogP contribution in [-0.4, -0.2) is 40.9 Å². The smallest absolute Gasteiger partial charge is 0.257 e. The lowest BCUT2D eigenvalue weighted by Crippen LogP contribution is -2.47. The molecule has 2 N–H and O–H groups in total. The quantitative estimate of drug-likeness (QED) is 0.335. The van der Waals surface area contributed by atoms with E-state index in [1.54, 1.807) is 0 Å². The van der Waals surface area contributed by atoms with Crippen LogP contribution in [0.1, 0.15) is 50.9 Å². The number of nitrogens with zero attached hydrogens (tertiary/aromatic N) is 3. The molecular formula is C21H30IN5O2. The van der Waals surface area contributed by atoms with Gasteiger partial charge in [-0.2, -0.15) is 4.98 Å². The highest BCUT2D eigenvalue weighted by molar-refractivity contribution is 14.0. The number of hydrogen-bond donors (Lipinski definition) is 2. The number of benzene rings is 1. The Morgan fingerprint density at radius 1 is 1.28 bits per heavy atom. The van der Waals surface area contributed by atoms with E-state index in [1.807, 2.05) is 12.1 Å². The van der Waals surface area contributed by atoms with Crippen molar-refractivity contribution in [2.45, 2.75) is 70.7 Å². The van der Waals surface area contributed by atoms with E-state index in [0.29, 0.717) is 30.7 Å². The standard InChI is InChI=1S/C21H29N5O2.HI/c1-3-6-19-25-20(28-26-19)15-8-5-7-14(11-15)13-23-21(22-4-2)24-17-12-16-9-10-18(17)27-16;/h5,7-8,11,16-18H,3-4,6,9-10,12-13H2,1-2H3,(H2,22,23,24);1H. The van der Waals surface area contributed by atoms with Gasteiger partial charge in [0.15, 0.2) is 11.8 Å². The predicted octanol–water partition coefficient (Wildman–Crippen LogP) is 3.68. The summed E-state index contributed by atoms with van der Waals surface area (Å²) in [5.41, 5.74) is 2.04. The largest absolute Gasteiger partial charge is 0.373 e. The van der Waals surface area contributed by atoms with Crippen LogP contribution < -0.4 is 10.6 Å². The second-order valence-electron chi connectivity index (χ2n) is 7.52. The molecule has 29 heavy (non-hydrogen) atoms. The summed E-state index contributed by atoms with van der Waals surface area (Å²) >= 11 is 0. The van der Waals surface area contributed by atoms with Crippen molar-refractivity contribution in [2.24, 2.45) is 4.99 Å². The normalized spacial score (nSPS) is 23.1. The average Bonchev–Trinajstić information content (AvgIpc) is 3.44. The third kappa shape index (κ3) is 5.48. The molecule has 2 aliphatic rings. The Morgan fingerprint density at radius 3 is 2.90 bits per heavy atom. The zero-order chi connectivity index (χ0) is 19.3. The molecular weight excluding hydrogens is 481 g/mol. The van der Waals surface area contributed by atoms with Crippen LogP contribution in [-0.2, 0) is 17.7 Å². The van der Waals surface area contributed by atoms with Gasteiger partial charge < -0.3 is 19.9 Å². The van der Waals surface area contributed by atoms with Crippen LogP contribution >= 0.6 is 24.0 Å². The number of nitrogens with one attached hydrogen (secondary N) is 2. The number of guanidine groups is 1. The monoisotopic (exact) mass is 511 g/mol. The summed E-state index contributed by atoms with van der Waals surface area (Å²) in [6.45, 7) is 5.60. The fourth-order valence-corrected chi connectivity index (χ4v) is 3.95. The summed E-state index contributed by atoms with van der Waals surface area (Å²) in [6, 6.07) is 8.50. The van der Waals surface area contributed by atoms with E-state index in [9.17, 15) is 0 Å². The maximum absolute atomic E-state index is 5.94. The molecule has 7 nitrogen and oxygen atoms in total. The van der Waals surface area contributed by atoms with E-state index in [-0.39, 0.29) is 24.0 Å². The Balaban J connectivity index is 0.00000240. The first-order valence-electron chi connectivity index (χ1n) is 10.4. The predicted molar refractivity (Wildman–Crippen MR) is 123 cm³/mol. The van der Waals surface area contributed by atoms with Gasteiger partial charge in [-0.3, -0.25) is 0 Å². The molecule has 8 heteroatoms. The second-order valence-corrected chi connectivity index (χ2v) is 7.52. The highest BCUT2D eigenvalue weighted by Crippen LogP contribution is 2.34. The lowest BCUT2D eigenvalue weighted by atomic mass is 9.96. The fraction of sp³-hybridized carbons (Fsp3) is 0.571. The lowest BCUT2D eigenvalue weighted by Gasteiger charge is -2.22. The van der Waals surface area contributed by atoms with Crippen LogP contribution in [0, 0.1) is 0 Å². The minimum absolute atomic E-state index is 0. The fourth-order valence-electron chi connectivity index (χ4n) is 3.95. The molecule has 2 aromatic rings. The van der Waals surface area contributed by atoms with Crippen LogP contribution in [0.4, 0.5) is 0 Å². The second kappa shape index (κ2) is 10.4. The first-order valence-corrected chi connectivity index (χ1v) is 10.4. The zero-order valence-corrected chi connectivity index (χ0v) is 19.4. The van der Waals surface area contributed by atoms with Crippen molar-refractivity contribution in [1.82, 2.24) is 20.8 Å². The Labute approximate surface area is 189 Å². The summed E-state index contributed by atoms with van der Waals surface area (Å²) in [5.74, 6) is 2.17. The van der Waals surface area contributed by atoms with Gasteiger partial charge in [0.1, 0.15) is 0 Å². The van der Waals surface area contributed by atoms with Crippen LogP contribution in [0.15, 0.2) is 33.8 Å². The van der Waals surface area contributed by atoms with Crippen molar-refractivity contribution in [1.29, 1.82) is 0 Å². The summed E-state index contributed by atoms with van der Waals surface area (Å²) in [6.07, 6.45) is 6.00. The minimum Gasteiger partial charge on any atom is -0.373 e. The van der Waals surface area contributed by atoms with E-state index in [0.717, 1.165) is 55.1 Å². The molecule has 4 rings (SSSR count). The molecule has 3 heterocycles. The molecule has 2 aliphatic heterocycles. The number of aliphatic imine (C=N–C) groups is 1. The topological polar surface area (TPSA) is 84.6 Å². The van der Waals surface area contributed by atoms with Crippen molar-refractivity contribution in [2.75, 3.05) is 6.54 Å². The molecule has 0 saturated carbocycles. The van der Waals surface area contributed by atoms with E-state index in [2.05, 4.69) is 46.8 Å². The Kier molecular flexibility index (Phi) is 7.88. The number of fused-ring (bicyclic) bond motifs is 2. The molecule has 158 valence electrons. The van der Waals surface area contributed by atoms with Crippen LogP contribution in [0.5, 0.6) is 0 Å².